The minimum Gasteiger partial charge on any atom is -0.451 e. The van der Waals surface area contributed by atoms with Crippen LogP contribution in [-0.4, -0.2) is 56.9 Å². The van der Waals surface area contributed by atoms with E-state index < -0.39 is 35.7 Å². The number of rotatable bonds is 4. The van der Waals surface area contributed by atoms with Crippen molar-refractivity contribution >= 4 is 23.7 Å². The van der Waals surface area contributed by atoms with Crippen molar-refractivity contribution in [3.8, 4) is 0 Å². The number of anilines is 1. The molecule has 1 saturated heterocycles. The lowest BCUT2D eigenvalue weighted by Crippen LogP contribution is -2.45. The third kappa shape index (κ3) is 5.02. The van der Waals surface area contributed by atoms with Crippen molar-refractivity contribution in [2.24, 2.45) is 7.05 Å². The van der Waals surface area contributed by atoms with Gasteiger partial charge in [-0.15, -0.1) is 0 Å². The molecule has 0 saturated carbocycles. The number of nitrogens with one attached hydrogen (secondary N) is 1. The van der Waals surface area contributed by atoms with Gasteiger partial charge in [-0.3, -0.25) is 14.4 Å². The largest absolute Gasteiger partial charge is 0.451 e. The molecule has 9 nitrogen and oxygen atoms in total. The molecule has 0 radical (unpaired) electrons. The lowest BCUT2D eigenvalue weighted by molar-refractivity contribution is -0.157. The maximum atomic E-state index is 12.6. The van der Waals surface area contributed by atoms with Crippen LogP contribution in [0.5, 0.6) is 0 Å². The molecule has 1 N–H and O–H groups in total. The van der Waals surface area contributed by atoms with Crippen molar-refractivity contribution in [3.63, 3.8) is 0 Å². The first-order valence-electron chi connectivity index (χ1n) is 9.42. The summed E-state index contributed by atoms with van der Waals surface area (Å²) >= 11 is 0. The van der Waals surface area contributed by atoms with Crippen LogP contribution in [0.2, 0.25) is 0 Å². The lowest BCUT2D eigenvalue weighted by atomic mass is 10.2. The van der Waals surface area contributed by atoms with E-state index in [4.69, 9.17) is 9.47 Å². The van der Waals surface area contributed by atoms with Gasteiger partial charge in [-0.2, -0.15) is 5.10 Å². The Bertz CT molecular complexity index is 765. The normalized spacial score (nSPS) is 18.0. The molecule has 1 aliphatic rings. The van der Waals surface area contributed by atoms with Gasteiger partial charge in [0.1, 0.15) is 11.6 Å². The van der Waals surface area contributed by atoms with E-state index in [2.05, 4.69) is 10.4 Å². The third-order valence-electron chi connectivity index (χ3n) is 4.57. The van der Waals surface area contributed by atoms with E-state index in [0.29, 0.717) is 30.8 Å². The van der Waals surface area contributed by atoms with E-state index in [-0.39, 0.29) is 0 Å². The molecular formula is C19H30N4O5. The summed E-state index contributed by atoms with van der Waals surface area (Å²) < 4.78 is 12.4. The molecule has 1 aliphatic heterocycles. The SMILES string of the molecule is Cc1nn(C)c(C)c1NC(=O)[C@H](C)OC(=O)[C@@H]1CCCN1C(=O)OC(C)(C)C. The fraction of sp³-hybridized carbons (Fsp3) is 0.684. The Hall–Kier alpha value is -2.58. The molecule has 0 bridgehead atoms. The van der Waals surface area contributed by atoms with E-state index in [0.717, 1.165) is 5.69 Å². The highest BCUT2D eigenvalue weighted by Gasteiger charge is 2.38. The Morgan fingerprint density at radius 3 is 2.43 bits per heavy atom. The van der Waals surface area contributed by atoms with Gasteiger partial charge in [-0.25, -0.2) is 9.59 Å². The lowest BCUT2D eigenvalue weighted by Gasteiger charge is -2.28. The Labute approximate surface area is 165 Å². The van der Waals surface area contributed by atoms with Gasteiger partial charge >= 0.3 is 12.1 Å². The van der Waals surface area contributed by atoms with Crippen LogP contribution in [0.1, 0.15) is 51.9 Å². The quantitative estimate of drug-likeness (QED) is 0.786. The van der Waals surface area contributed by atoms with E-state index in [1.807, 2.05) is 6.92 Å². The van der Waals surface area contributed by atoms with Crippen molar-refractivity contribution < 1.29 is 23.9 Å². The molecular weight excluding hydrogens is 364 g/mol. The van der Waals surface area contributed by atoms with Crippen LogP contribution >= 0.6 is 0 Å². The van der Waals surface area contributed by atoms with E-state index in [1.54, 1.807) is 39.4 Å². The second kappa shape index (κ2) is 8.20. The molecule has 1 fully saturated rings. The fourth-order valence-electron chi connectivity index (χ4n) is 3.04. The second-order valence-electron chi connectivity index (χ2n) is 8.07. The molecule has 2 amide bonds. The van der Waals surface area contributed by atoms with Crippen molar-refractivity contribution in [1.29, 1.82) is 0 Å². The predicted octanol–water partition coefficient (Wildman–Crippen LogP) is 2.31. The first kappa shape index (κ1) is 21.7. The molecule has 9 heteroatoms. The van der Waals surface area contributed by atoms with Gasteiger partial charge in [0.2, 0.25) is 0 Å². The highest BCUT2D eigenvalue weighted by atomic mass is 16.6. The first-order valence-corrected chi connectivity index (χ1v) is 9.42. The van der Waals surface area contributed by atoms with E-state index in [1.165, 1.54) is 11.8 Å². The monoisotopic (exact) mass is 394 g/mol. The zero-order valence-corrected chi connectivity index (χ0v) is 17.7. The van der Waals surface area contributed by atoms with Crippen LogP contribution in [0.3, 0.4) is 0 Å². The minimum absolute atomic E-state index is 0.420. The Morgan fingerprint density at radius 2 is 1.89 bits per heavy atom. The number of hydrogen-bond donors (Lipinski definition) is 1. The molecule has 0 aromatic carbocycles. The molecule has 156 valence electrons. The Balaban J connectivity index is 1.98. The van der Waals surface area contributed by atoms with Crippen LogP contribution in [0.4, 0.5) is 10.5 Å². The number of esters is 1. The van der Waals surface area contributed by atoms with Crippen LogP contribution in [-0.2, 0) is 26.1 Å². The van der Waals surface area contributed by atoms with Crippen LogP contribution in [0.25, 0.3) is 0 Å². The number of carbonyl (C=O) groups excluding carboxylic acids is 3. The summed E-state index contributed by atoms with van der Waals surface area (Å²) in [5, 5.41) is 7.00. The molecule has 2 heterocycles. The number of ether oxygens (including phenoxy) is 2. The maximum Gasteiger partial charge on any atom is 0.411 e. The first-order chi connectivity index (χ1) is 12.9. The summed E-state index contributed by atoms with van der Waals surface area (Å²) in [6, 6.07) is -0.744. The van der Waals surface area contributed by atoms with Crippen LogP contribution in [0.15, 0.2) is 0 Å². The highest BCUT2D eigenvalue weighted by Crippen LogP contribution is 2.23. The molecule has 28 heavy (non-hydrogen) atoms. The molecule has 1 aromatic rings. The Morgan fingerprint density at radius 1 is 1.25 bits per heavy atom. The number of hydrogen-bond acceptors (Lipinski definition) is 6. The second-order valence-corrected chi connectivity index (χ2v) is 8.07. The Kier molecular flexibility index (Phi) is 6.36. The summed E-state index contributed by atoms with van der Waals surface area (Å²) in [4.78, 5) is 38.7. The highest BCUT2D eigenvalue weighted by molar-refractivity contribution is 5.96. The van der Waals surface area contributed by atoms with Crippen LogP contribution < -0.4 is 5.32 Å². The van der Waals surface area contributed by atoms with Gasteiger partial charge in [-0.05, 0) is 54.4 Å². The van der Waals surface area contributed by atoms with Gasteiger partial charge in [0, 0.05) is 13.6 Å². The number of aryl methyl sites for hydroxylation is 2. The van der Waals surface area contributed by atoms with E-state index in [9.17, 15) is 14.4 Å². The number of nitrogens with zero attached hydrogens (tertiary/aromatic N) is 3. The van der Waals surface area contributed by atoms with Crippen molar-refractivity contribution in [2.45, 2.75) is 72.1 Å². The average Bonchev–Trinajstić information content (AvgIpc) is 3.14. The maximum absolute atomic E-state index is 12.6. The summed E-state index contributed by atoms with van der Waals surface area (Å²) in [5.74, 6) is -1.06. The third-order valence-corrected chi connectivity index (χ3v) is 4.57. The van der Waals surface area contributed by atoms with Crippen LogP contribution in [0, 0.1) is 13.8 Å². The topological polar surface area (TPSA) is 103 Å². The number of carbonyl (C=O) groups is 3. The van der Waals surface area contributed by atoms with Gasteiger partial charge in [0.15, 0.2) is 6.10 Å². The minimum atomic E-state index is -1.01. The molecule has 0 spiro atoms. The molecule has 2 rings (SSSR count). The summed E-state index contributed by atoms with van der Waals surface area (Å²) in [6.07, 6.45) is -0.404. The molecule has 1 aromatic heterocycles. The smallest absolute Gasteiger partial charge is 0.411 e. The van der Waals surface area contributed by atoms with Gasteiger partial charge < -0.3 is 14.8 Å². The zero-order valence-electron chi connectivity index (χ0n) is 17.7. The molecule has 0 unspecified atom stereocenters. The summed E-state index contributed by atoms with van der Waals surface area (Å²) in [7, 11) is 1.78. The van der Waals surface area contributed by atoms with Gasteiger partial charge in [0.05, 0.1) is 17.1 Å². The fourth-order valence-corrected chi connectivity index (χ4v) is 3.04. The van der Waals surface area contributed by atoms with Gasteiger partial charge in [0.25, 0.3) is 5.91 Å². The number of aromatic nitrogens is 2. The molecule has 0 aliphatic carbocycles. The predicted molar refractivity (Wildman–Crippen MR) is 103 cm³/mol. The molecule has 2 atom stereocenters. The number of likely N-dealkylation sites (tertiary alicyclic amines) is 1. The summed E-state index contributed by atoms with van der Waals surface area (Å²) in [6.45, 7) is 10.8. The van der Waals surface area contributed by atoms with Crippen molar-refractivity contribution in [3.05, 3.63) is 11.4 Å². The van der Waals surface area contributed by atoms with Gasteiger partial charge in [-0.1, -0.05) is 0 Å². The number of amides is 2. The summed E-state index contributed by atoms with van der Waals surface area (Å²) in [5.41, 5.74) is 1.43. The van der Waals surface area contributed by atoms with E-state index >= 15 is 0 Å². The standard InChI is InChI=1S/C19H30N4O5/c1-11-15(12(2)22(7)21-11)20-16(24)13(3)27-17(25)14-9-8-10-23(14)18(26)28-19(4,5)6/h13-14H,8-10H2,1-7H3,(H,20,24)/t13-,14-/m0/s1. The van der Waals surface area contributed by atoms with Crippen molar-refractivity contribution in [2.75, 3.05) is 11.9 Å². The average molecular weight is 394 g/mol. The zero-order chi connectivity index (χ0) is 21.2. The van der Waals surface area contributed by atoms with Crippen molar-refractivity contribution in [1.82, 2.24) is 14.7 Å².